The summed E-state index contributed by atoms with van der Waals surface area (Å²) in [5.74, 6) is 0.338. The number of benzene rings is 1. The number of fused-ring (bicyclic) bond motifs is 2. The highest BCUT2D eigenvalue weighted by Crippen LogP contribution is 2.48. The average Bonchev–Trinajstić information content (AvgIpc) is 3.32. The third-order valence-corrected chi connectivity index (χ3v) is 6.19. The fourth-order valence-corrected chi connectivity index (χ4v) is 4.80. The normalized spacial score (nSPS) is 33.6. The molecule has 1 aromatic carbocycles. The summed E-state index contributed by atoms with van der Waals surface area (Å²) < 4.78 is 0. The van der Waals surface area contributed by atoms with E-state index in [0.717, 1.165) is 29.8 Å². The molecule has 0 spiro atoms. The number of urea groups is 1. The molecule has 2 bridgehead atoms. The van der Waals surface area contributed by atoms with Crippen molar-refractivity contribution in [1.29, 1.82) is 0 Å². The number of carbonyl (C=O) groups excluding carboxylic acids is 3. The monoisotopic (exact) mass is 341 g/mol. The predicted molar refractivity (Wildman–Crippen MR) is 90.9 cm³/mol. The van der Waals surface area contributed by atoms with Crippen LogP contribution in [0.2, 0.25) is 0 Å². The minimum atomic E-state index is -1.11. The van der Waals surface area contributed by atoms with Crippen LogP contribution in [0.5, 0.6) is 0 Å². The molecule has 132 valence electrons. The van der Waals surface area contributed by atoms with Gasteiger partial charge in [-0.05, 0) is 43.1 Å². The highest BCUT2D eigenvalue weighted by Gasteiger charge is 2.53. The van der Waals surface area contributed by atoms with E-state index < -0.39 is 17.5 Å². The molecule has 25 heavy (non-hydrogen) atoms. The van der Waals surface area contributed by atoms with Crippen molar-refractivity contribution in [3.05, 3.63) is 35.9 Å². The van der Waals surface area contributed by atoms with Crippen LogP contribution < -0.4 is 10.7 Å². The lowest BCUT2D eigenvalue weighted by atomic mass is 9.87. The molecule has 2 aliphatic carbocycles. The van der Waals surface area contributed by atoms with Crippen LogP contribution in [0.15, 0.2) is 30.3 Å². The first-order valence-corrected chi connectivity index (χ1v) is 9.08. The van der Waals surface area contributed by atoms with E-state index in [9.17, 15) is 14.4 Å². The number of carbonyl (C=O) groups is 3. The maximum atomic E-state index is 13.0. The Kier molecular flexibility index (Phi) is 3.78. The van der Waals surface area contributed by atoms with Crippen molar-refractivity contribution in [2.75, 3.05) is 0 Å². The van der Waals surface area contributed by atoms with Crippen molar-refractivity contribution < 1.29 is 14.4 Å². The summed E-state index contributed by atoms with van der Waals surface area (Å²) >= 11 is 0. The molecule has 6 nitrogen and oxygen atoms in total. The van der Waals surface area contributed by atoms with Gasteiger partial charge in [-0.15, -0.1) is 0 Å². The van der Waals surface area contributed by atoms with Crippen LogP contribution in [-0.2, 0) is 15.1 Å². The maximum Gasteiger partial charge on any atom is 0.344 e. The number of hydrogen-bond acceptors (Lipinski definition) is 3. The highest BCUT2D eigenvalue weighted by atomic mass is 16.2. The fourth-order valence-electron chi connectivity index (χ4n) is 4.80. The first-order chi connectivity index (χ1) is 12.0. The summed E-state index contributed by atoms with van der Waals surface area (Å²) in [5, 5.41) is 3.67. The van der Waals surface area contributed by atoms with Crippen LogP contribution >= 0.6 is 0 Å². The van der Waals surface area contributed by atoms with Crippen molar-refractivity contribution in [2.45, 2.75) is 44.6 Å². The summed E-state index contributed by atoms with van der Waals surface area (Å²) in [6.45, 7) is 1.85. The Labute approximate surface area is 146 Å². The summed E-state index contributed by atoms with van der Waals surface area (Å²) in [5.41, 5.74) is 2.22. The molecular formula is C19H23N3O3. The topological polar surface area (TPSA) is 78.5 Å². The molecule has 4 rings (SSSR count). The Bertz CT molecular complexity index is 720. The van der Waals surface area contributed by atoms with E-state index in [-0.39, 0.29) is 11.8 Å². The lowest BCUT2D eigenvalue weighted by Gasteiger charge is -2.26. The number of hydrazine groups is 1. The lowest BCUT2D eigenvalue weighted by molar-refractivity contribution is -0.141. The zero-order valence-electron chi connectivity index (χ0n) is 14.3. The summed E-state index contributed by atoms with van der Waals surface area (Å²) in [6.07, 6.45) is 4.66. The van der Waals surface area contributed by atoms with Crippen molar-refractivity contribution in [3.8, 4) is 0 Å². The maximum absolute atomic E-state index is 13.0. The number of amides is 4. The molecular weight excluding hydrogens is 318 g/mol. The standard InChI is InChI=1S/C19H23N3O3/c1-2-19(14-6-4-3-5-7-14)17(24)22(18(25)20-19)21-16(23)15-11-12-8-9-13(15)10-12/h3-7,12-13,15H,2,8-11H2,1H3,(H,20,25)(H,21,23)/t12-,13-,15+,19-/m0/s1. The second kappa shape index (κ2) is 5.86. The molecule has 0 aromatic heterocycles. The molecule has 4 amide bonds. The molecule has 0 radical (unpaired) electrons. The van der Waals surface area contributed by atoms with Gasteiger partial charge in [0.05, 0.1) is 0 Å². The third kappa shape index (κ3) is 2.42. The zero-order valence-corrected chi connectivity index (χ0v) is 14.3. The number of rotatable bonds is 4. The largest absolute Gasteiger partial charge is 0.344 e. The Morgan fingerprint density at radius 2 is 2.00 bits per heavy atom. The number of nitrogens with zero attached hydrogens (tertiary/aromatic N) is 1. The van der Waals surface area contributed by atoms with Crippen LogP contribution in [0.3, 0.4) is 0 Å². The molecule has 4 atom stereocenters. The molecule has 6 heteroatoms. The molecule has 1 aromatic rings. The van der Waals surface area contributed by atoms with Crippen molar-refractivity contribution in [2.24, 2.45) is 17.8 Å². The zero-order chi connectivity index (χ0) is 17.6. The lowest BCUT2D eigenvalue weighted by Crippen LogP contribution is -2.50. The quantitative estimate of drug-likeness (QED) is 0.825. The van der Waals surface area contributed by atoms with Gasteiger partial charge in [-0.1, -0.05) is 43.7 Å². The first-order valence-electron chi connectivity index (χ1n) is 9.08. The molecule has 1 saturated heterocycles. The Hall–Kier alpha value is -2.37. The number of imide groups is 1. The van der Waals surface area contributed by atoms with E-state index in [1.807, 2.05) is 37.3 Å². The van der Waals surface area contributed by atoms with Gasteiger partial charge >= 0.3 is 6.03 Å². The molecule has 3 aliphatic rings. The minimum absolute atomic E-state index is 0.0762. The number of nitrogens with one attached hydrogen (secondary N) is 2. The van der Waals surface area contributed by atoms with Crippen molar-refractivity contribution in [3.63, 3.8) is 0 Å². The highest BCUT2D eigenvalue weighted by molar-refractivity contribution is 6.08. The molecule has 2 saturated carbocycles. The van der Waals surface area contributed by atoms with E-state index >= 15 is 0 Å². The molecule has 1 aliphatic heterocycles. The second-order valence-corrected chi connectivity index (χ2v) is 7.45. The summed E-state index contributed by atoms with van der Waals surface area (Å²) in [7, 11) is 0. The van der Waals surface area contributed by atoms with Crippen LogP contribution in [0.1, 0.15) is 44.6 Å². The van der Waals surface area contributed by atoms with Crippen LogP contribution in [0, 0.1) is 17.8 Å². The number of hydrogen-bond donors (Lipinski definition) is 2. The van der Waals surface area contributed by atoms with E-state index in [1.165, 1.54) is 6.42 Å². The Morgan fingerprint density at radius 3 is 2.60 bits per heavy atom. The third-order valence-electron chi connectivity index (χ3n) is 6.19. The van der Waals surface area contributed by atoms with Gasteiger partial charge in [-0.3, -0.25) is 15.0 Å². The Morgan fingerprint density at radius 1 is 1.24 bits per heavy atom. The van der Waals surface area contributed by atoms with Gasteiger partial charge in [0.2, 0.25) is 5.91 Å². The first kappa shape index (κ1) is 16.1. The summed E-state index contributed by atoms with van der Waals surface area (Å²) in [6, 6.07) is 8.62. The van der Waals surface area contributed by atoms with Crippen molar-refractivity contribution in [1.82, 2.24) is 15.8 Å². The Balaban J connectivity index is 1.54. The SMILES string of the molecule is CC[C@@]1(c2ccccc2)NC(=O)N(NC(=O)[C@@H]2C[C@H]3CC[C@H]2C3)C1=O. The fraction of sp³-hybridized carbons (Fsp3) is 0.526. The predicted octanol–water partition coefficient (Wildman–Crippen LogP) is 2.31. The van der Waals surface area contributed by atoms with Gasteiger partial charge < -0.3 is 5.32 Å². The van der Waals surface area contributed by atoms with Gasteiger partial charge in [-0.25, -0.2) is 4.79 Å². The van der Waals surface area contributed by atoms with E-state index in [1.54, 1.807) is 0 Å². The molecule has 3 fully saturated rings. The molecule has 1 heterocycles. The second-order valence-electron chi connectivity index (χ2n) is 7.45. The van der Waals surface area contributed by atoms with E-state index in [2.05, 4.69) is 10.7 Å². The van der Waals surface area contributed by atoms with Gasteiger partial charge in [0.1, 0.15) is 5.54 Å². The van der Waals surface area contributed by atoms with E-state index in [0.29, 0.717) is 18.3 Å². The van der Waals surface area contributed by atoms with Gasteiger partial charge in [-0.2, -0.15) is 5.01 Å². The van der Waals surface area contributed by atoms with Crippen LogP contribution in [0.4, 0.5) is 4.79 Å². The van der Waals surface area contributed by atoms with Gasteiger partial charge in [0.15, 0.2) is 0 Å². The minimum Gasteiger partial charge on any atom is -0.318 e. The van der Waals surface area contributed by atoms with E-state index in [4.69, 9.17) is 0 Å². The smallest absolute Gasteiger partial charge is 0.318 e. The van der Waals surface area contributed by atoms with Gasteiger partial charge in [0.25, 0.3) is 5.91 Å². The van der Waals surface area contributed by atoms with Gasteiger partial charge in [0, 0.05) is 5.92 Å². The average molecular weight is 341 g/mol. The molecule has 2 N–H and O–H groups in total. The van der Waals surface area contributed by atoms with Crippen LogP contribution in [-0.4, -0.2) is 22.9 Å². The molecule has 0 unspecified atom stereocenters. The van der Waals surface area contributed by atoms with Crippen LogP contribution in [0.25, 0.3) is 0 Å². The summed E-state index contributed by atoms with van der Waals surface area (Å²) in [4.78, 5) is 38.1. The van der Waals surface area contributed by atoms with Crippen molar-refractivity contribution >= 4 is 17.8 Å².